The molecule has 0 aliphatic carbocycles. The van der Waals surface area contributed by atoms with E-state index in [1.807, 2.05) is 11.8 Å². The van der Waals surface area contributed by atoms with Crippen LogP contribution in [0, 0.1) is 0 Å². The van der Waals surface area contributed by atoms with Crippen LogP contribution < -0.4 is 5.73 Å². The number of aromatic nitrogens is 2. The first-order chi connectivity index (χ1) is 6.33. The van der Waals surface area contributed by atoms with Crippen molar-refractivity contribution in [1.82, 2.24) is 10.2 Å². The van der Waals surface area contributed by atoms with E-state index in [1.165, 1.54) is 11.3 Å². The van der Waals surface area contributed by atoms with Gasteiger partial charge in [0, 0.05) is 19.5 Å². The van der Waals surface area contributed by atoms with E-state index in [1.54, 1.807) is 7.11 Å². The molecule has 0 aliphatic heterocycles. The summed E-state index contributed by atoms with van der Waals surface area (Å²) in [4.78, 5) is 0. The van der Waals surface area contributed by atoms with Crippen LogP contribution in [0.15, 0.2) is 0 Å². The van der Waals surface area contributed by atoms with E-state index < -0.39 is 0 Å². The Bertz CT molecular complexity index is 241. The molecule has 74 valence electrons. The van der Waals surface area contributed by atoms with Gasteiger partial charge in [0.25, 0.3) is 0 Å². The molecule has 1 aromatic rings. The summed E-state index contributed by atoms with van der Waals surface area (Å²) in [6, 6.07) is 0. The molecule has 0 saturated carbocycles. The van der Waals surface area contributed by atoms with Crippen molar-refractivity contribution in [3.8, 4) is 0 Å². The zero-order valence-electron chi connectivity index (χ0n) is 7.52. The molecule has 1 rings (SSSR count). The summed E-state index contributed by atoms with van der Waals surface area (Å²) < 4.78 is 4.94. The number of methoxy groups -OCH3 is 1. The molecule has 6 heteroatoms. The Morgan fingerprint density at radius 2 is 2.38 bits per heavy atom. The zero-order chi connectivity index (χ0) is 9.52. The Hall–Kier alpha value is -0.330. The smallest absolute Gasteiger partial charge is 0.203 e. The molecule has 0 radical (unpaired) electrons. The first kappa shape index (κ1) is 10.7. The second kappa shape index (κ2) is 6.17. The van der Waals surface area contributed by atoms with Gasteiger partial charge in [-0.2, -0.15) is 11.8 Å². The van der Waals surface area contributed by atoms with Crippen LogP contribution in [-0.2, 0) is 10.5 Å². The molecule has 0 aliphatic rings. The molecule has 0 saturated heterocycles. The number of nitrogens with two attached hydrogens (primary N) is 1. The minimum atomic E-state index is 0.549. The van der Waals surface area contributed by atoms with Gasteiger partial charge in [0.15, 0.2) is 0 Å². The average molecular weight is 219 g/mol. The Morgan fingerprint density at radius 3 is 3.00 bits per heavy atom. The van der Waals surface area contributed by atoms with E-state index in [0.717, 1.165) is 29.5 Å². The van der Waals surface area contributed by atoms with E-state index in [-0.39, 0.29) is 0 Å². The fraction of sp³-hybridized carbons (Fsp3) is 0.714. The molecule has 0 fully saturated rings. The SMILES string of the molecule is COCCCSCc1nnc(N)s1. The predicted octanol–water partition coefficient (Wildman–Crippen LogP) is 1.39. The van der Waals surface area contributed by atoms with Gasteiger partial charge in [-0.05, 0) is 12.2 Å². The second-order valence-corrected chi connectivity index (χ2v) is 4.63. The third-order valence-corrected chi connectivity index (χ3v) is 3.34. The van der Waals surface area contributed by atoms with E-state index in [4.69, 9.17) is 10.5 Å². The number of nitrogens with zero attached hydrogens (tertiary/aromatic N) is 2. The summed E-state index contributed by atoms with van der Waals surface area (Å²) in [5.74, 6) is 1.99. The molecular formula is C7H13N3OS2. The lowest BCUT2D eigenvalue weighted by Crippen LogP contribution is -1.90. The van der Waals surface area contributed by atoms with Crippen LogP contribution in [0.4, 0.5) is 5.13 Å². The Kier molecular flexibility index (Phi) is 5.10. The van der Waals surface area contributed by atoms with Crippen molar-refractivity contribution in [2.45, 2.75) is 12.2 Å². The van der Waals surface area contributed by atoms with Gasteiger partial charge in [-0.1, -0.05) is 11.3 Å². The van der Waals surface area contributed by atoms with Crippen LogP contribution in [0.1, 0.15) is 11.4 Å². The first-order valence-electron chi connectivity index (χ1n) is 3.97. The van der Waals surface area contributed by atoms with Gasteiger partial charge in [-0.25, -0.2) is 0 Å². The molecule has 0 atom stereocenters. The largest absolute Gasteiger partial charge is 0.385 e. The highest BCUT2D eigenvalue weighted by Gasteiger charge is 1.99. The van der Waals surface area contributed by atoms with Crippen molar-refractivity contribution >= 4 is 28.2 Å². The number of rotatable bonds is 6. The van der Waals surface area contributed by atoms with Gasteiger partial charge in [-0.3, -0.25) is 0 Å². The lowest BCUT2D eigenvalue weighted by molar-refractivity contribution is 0.200. The maximum absolute atomic E-state index is 5.45. The Labute approximate surface area is 85.9 Å². The van der Waals surface area contributed by atoms with Crippen molar-refractivity contribution in [2.75, 3.05) is 25.2 Å². The minimum Gasteiger partial charge on any atom is -0.385 e. The quantitative estimate of drug-likeness (QED) is 0.733. The van der Waals surface area contributed by atoms with Crippen LogP contribution in [0.25, 0.3) is 0 Å². The van der Waals surface area contributed by atoms with Gasteiger partial charge in [0.2, 0.25) is 5.13 Å². The molecule has 1 aromatic heterocycles. The Balaban J connectivity index is 2.06. The topological polar surface area (TPSA) is 61.0 Å². The standard InChI is InChI=1S/C7H13N3OS2/c1-11-3-2-4-12-5-6-9-10-7(8)13-6/h2-5H2,1H3,(H2,8,10). The van der Waals surface area contributed by atoms with Crippen molar-refractivity contribution in [3.63, 3.8) is 0 Å². The highest BCUT2D eigenvalue weighted by molar-refractivity contribution is 7.98. The molecule has 13 heavy (non-hydrogen) atoms. The van der Waals surface area contributed by atoms with Crippen molar-refractivity contribution in [1.29, 1.82) is 0 Å². The normalized spacial score (nSPS) is 10.5. The summed E-state index contributed by atoms with van der Waals surface area (Å²) in [7, 11) is 1.72. The van der Waals surface area contributed by atoms with E-state index in [0.29, 0.717) is 5.13 Å². The lowest BCUT2D eigenvalue weighted by atomic mass is 10.5. The highest BCUT2D eigenvalue weighted by atomic mass is 32.2. The predicted molar refractivity (Wildman–Crippen MR) is 57.0 cm³/mol. The Morgan fingerprint density at radius 1 is 1.54 bits per heavy atom. The minimum absolute atomic E-state index is 0.549. The third kappa shape index (κ3) is 4.44. The van der Waals surface area contributed by atoms with Crippen LogP contribution in [-0.4, -0.2) is 29.7 Å². The average Bonchev–Trinajstić information content (AvgIpc) is 2.51. The maximum Gasteiger partial charge on any atom is 0.203 e. The van der Waals surface area contributed by atoms with E-state index >= 15 is 0 Å². The van der Waals surface area contributed by atoms with Crippen LogP contribution >= 0.6 is 23.1 Å². The van der Waals surface area contributed by atoms with Crippen molar-refractivity contribution in [3.05, 3.63) is 5.01 Å². The molecule has 0 unspecified atom stereocenters. The molecule has 0 aromatic carbocycles. The summed E-state index contributed by atoms with van der Waals surface area (Å²) in [6.45, 7) is 0.825. The van der Waals surface area contributed by atoms with E-state index in [2.05, 4.69) is 10.2 Å². The maximum atomic E-state index is 5.45. The van der Waals surface area contributed by atoms with Crippen molar-refractivity contribution in [2.24, 2.45) is 0 Å². The van der Waals surface area contributed by atoms with Crippen LogP contribution in [0.3, 0.4) is 0 Å². The van der Waals surface area contributed by atoms with Crippen LogP contribution in [0.2, 0.25) is 0 Å². The molecular weight excluding hydrogens is 206 g/mol. The molecule has 0 spiro atoms. The lowest BCUT2D eigenvalue weighted by Gasteiger charge is -1.97. The van der Waals surface area contributed by atoms with Gasteiger partial charge in [0.1, 0.15) is 5.01 Å². The van der Waals surface area contributed by atoms with Crippen molar-refractivity contribution < 1.29 is 4.74 Å². The number of anilines is 1. The zero-order valence-corrected chi connectivity index (χ0v) is 9.16. The van der Waals surface area contributed by atoms with Gasteiger partial charge in [0.05, 0.1) is 0 Å². The number of hydrogen-bond donors (Lipinski definition) is 1. The third-order valence-electron chi connectivity index (χ3n) is 1.35. The molecule has 4 nitrogen and oxygen atoms in total. The monoisotopic (exact) mass is 219 g/mol. The van der Waals surface area contributed by atoms with Gasteiger partial charge < -0.3 is 10.5 Å². The fourth-order valence-electron chi connectivity index (χ4n) is 0.790. The molecule has 0 amide bonds. The summed E-state index contributed by atoms with van der Waals surface area (Å²) in [5.41, 5.74) is 5.45. The number of nitrogen functional groups attached to an aromatic ring is 1. The second-order valence-electron chi connectivity index (χ2n) is 2.43. The summed E-state index contributed by atoms with van der Waals surface area (Å²) in [6.07, 6.45) is 1.08. The first-order valence-corrected chi connectivity index (χ1v) is 5.94. The van der Waals surface area contributed by atoms with Gasteiger partial charge in [-0.15, -0.1) is 10.2 Å². The molecule has 0 bridgehead atoms. The highest BCUT2D eigenvalue weighted by Crippen LogP contribution is 2.17. The van der Waals surface area contributed by atoms with E-state index in [9.17, 15) is 0 Å². The number of hydrogen-bond acceptors (Lipinski definition) is 6. The summed E-state index contributed by atoms with van der Waals surface area (Å²) >= 11 is 3.29. The van der Waals surface area contributed by atoms with Gasteiger partial charge >= 0.3 is 0 Å². The number of ether oxygens (including phenoxy) is 1. The fourth-order valence-corrected chi connectivity index (χ4v) is 2.38. The molecule has 1 heterocycles. The molecule has 2 N–H and O–H groups in total. The number of thioether (sulfide) groups is 1. The van der Waals surface area contributed by atoms with Crippen LogP contribution in [0.5, 0.6) is 0 Å². The summed E-state index contributed by atoms with van der Waals surface area (Å²) in [5, 5.41) is 9.21.